The Hall–Kier alpha value is -2.54. The van der Waals surface area contributed by atoms with Crippen LogP contribution in [0.15, 0.2) is 47.8 Å². The number of pyridine rings is 1. The lowest BCUT2D eigenvalue weighted by atomic mass is 10.2. The summed E-state index contributed by atoms with van der Waals surface area (Å²) < 4.78 is 1.90. The van der Waals surface area contributed by atoms with Crippen LogP contribution in [0.25, 0.3) is 11.2 Å². The van der Waals surface area contributed by atoms with Gasteiger partial charge in [-0.2, -0.15) is 0 Å². The van der Waals surface area contributed by atoms with Crippen molar-refractivity contribution in [1.82, 2.24) is 14.5 Å². The van der Waals surface area contributed by atoms with E-state index >= 15 is 0 Å². The number of benzene rings is 1. The van der Waals surface area contributed by atoms with Gasteiger partial charge in [0.25, 0.3) is 0 Å². The van der Waals surface area contributed by atoms with E-state index in [0.29, 0.717) is 5.75 Å². The smallest absolute Gasteiger partial charge is 0.234 e. The molecule has 1 aromatic carbocycles. The van der Waals surface area contributed by atoms with Crippen LogP contribution in [-0.2, 0) is 11.8 Å². The van der Waals surface area contributed by atoms with Gasteiger partial charge in [0, 0.05) is 38.7 Å². The number of nitrogens with zero attached hydrogens (tertiary/aromatic N) is 4. The number of hydrogen-bond donors (Lipinski definition) is 1. The second-order valence-corrected chi connectivity index (χ2v) is 6.52. The predicted molar refractivity (Wildman–Crippen MR) is 98.6 cm³/mol. The standard InChI is InChI=1S/C17H19N5OS/c1-21(2)13-8-6-12(7-9-13)19-15(23)11-24-17-20-14-5-4-10-18-16(14)22(17)3/h4-10H,11H2,1-3H3,(H,19,23). The summed E-state index contributed by atoms with van der Waals surface area (Å²) in [6.07, 6.45) is 1.74. The van der Waals surface area contributed by atoms with Crippen LogP contribution in [-0.4, -0.2) is 40.3 Å². The highest BCUT2D eigenvalue weighted by atomic mass is 32.2. The zero-order valence-corrected chi connectivity index (χ0v) is 14.7. The SMILES string of the molecule is CN(C)c1ccc(NC(=O)CSc2nc3cccnc3n2C)cc1. The van der Waals surface area contributed by atoms with E-state index in [0.717, 1.165) is 27.7 Å². The topological polar surface area (TPSA) is 63.1 Å². The number of nitrogens with one attached hydrogen (secondary N) is 1. The minimum absolute atomic E-state index is 0.0578. The highest BCUT2D eigenvalue weighted by Crippen LogP contribution is 2.22. The van der Waals surface area contributed by atoms with Gasteiger partial charge in [0.2, 0.25) is 5.91 Å². The molecule has 7 heteroatoms. The van der Waals surface area contributed by atoms with E-state index < -0.39 is 0 Å². The first-order valence-corrected chi connectivity index (χ1v) is 8.50. The van der Waals surface area contributed by atoms with E-state index in [-0.39, 0.29) is 5.91 Å². The number of carbonyl (C=O) groups is 1. The van der Waals surface area contributed by atoms with Gasteiger partial charge < -0.3 is 14.8 Å². The van der Waals surface area contributed by atoms with E-state index in [4.69, 9.17) is 0 Å². The Morgan fingerprint density at radius 2 is 2.00 bits per heavy atom. The van der Waals surface area contributed by atoms with Gasteiger partial charge in [-0.25, -0.2) is 9.97 Å². The molecule has 0 atom stereocenters. The molecule has 0 spiro atoms. The molecule has 0 aliphatic carbocycles. The van der Waals surface area contributed by atoms with Gasteiger partial charge >= 0.3 is 0 Å². The maximum atomic E-state index is 12.1. The van der Waals surface area contributed by atoms with Crippen molar-refractivity contribution in [2.75, 3.05) is 30.1 Å². The van der Waals surface area contributed by atoms with Crippen LogP contribution in [0, 0.1) is 0 Å². The summed E-state index contributed by atoms with van der Waals surface area (Å²) in [7, 11) is 5.87. The van der Waals surface area contributed by atoms with Gasteiger partial charge in [-0.3, -0.25) is 4.79 Å². The van der Waals surface area contributed by atoms with E-state index in [1.807, 2.05) is 67.0 Å². The van der Waals surface area contributed by atoms with Crippen molar-refractivity contribution in [1.29, 1.82) is 0 Å². The number of carbonyl (C=O) groups excluding carboxylic acids is 1. The van der Waals surface area contributed by atoms with Crippen molar-refractivity contribution in [3.05, 3.63) is 42.6 Å². The molecule has 0 radical (unpaired) electrons. The molecule has 1 amide bonds. The summed E-state index contributed by atoms with van der Waals surface area (Å²) in [4.78, 5) is 23.0. The molecular formula is C17H19N5OS. The fourth-order valence-electron chi connectivity index (χ4n) is 2.30. The van der Waals surface area contributed by atoms with Crippen LogP contribution in [0.4, 0.5) is 11.4 Å². The van der Waals surface area contributed by atoms with Crippen LogP contribution in [0.2, 0.25) is 0 Å². The fraction of sp³-hybridized carbons (Fsp3) is 0.235. The minimum Gasteiger partial charge on any atom is -0.378 e. The molecular weight excluding hydrogens is 322 g/mol. The Morgan fingerprint density at radius 1 is 1.25 bits per heavy atom. The second-order valence-electron chi connectivity index (χ2n) is 5.58. The Morgan fingerprint density at radius 3 is 2.67 bits per heavy atom. The molecule has 2 heterocycles. The first kappa shape index (κ1) is 16.3. The van der Waals surface area contributed by atoms with Gasteiger partial charge in [-0.15, -0.1) is 0 Å². The van der Waals surface area contributed by atoms with Crippen LogP contribution in [0.1, 0.15) is 0 Å². The molecule has 3 rings (SSSR count). The lowest BCUT2D eigenvalue weighted by molar-refractivity contribution is -0.113. The number of imidazole rings is 1. The third kappa shape index (κ3) is 3.51. The van der Waals surface area contributed by atoms with Crippen molar-refractivity contribution in [2.45, 2.75) is 5.16 Å². The number of fused-ring (bicyclic) bond motifs is 1. The first-order chi connectivity index (χ1) is 11.5. The highest BCUT2D eigenvalue weighted by Gasteiger charge is 2.11. The average Bonchev–Trinajstić information content (AvgIpc) is 2.90. The zero-order chi connectivity index (χ0) is 17.1. The molecule has 2 aromatic heterocycles. The van der Waals surface area contributed by atoms with Gasteiger partial charge in [0.1, 0.15) is 5.52 Å². The van der Waals surface area contributed by atoms with Gasteiger partial charge in [0.15, 0.2) is 10.8 Å². The molecule has 0 saturated heterocycles. The number of hydrogen-bond acceptors (Lipinski definition) is 5. The molecule has 0 saturated carbocycles. The number of thioether (sulfide) groups is 1. The second kappa shape index (κ2) is 6.92. The van der Waals surface area contributed by atoms with Crippen LogP contribution in [0.3, 0.4) is 0 Å². The van der Waals surface area contributed by atoms with Crippen molar-refractivity contribution in [3.8, 4) is 0 Å². The summed E-state index contributed by atoms with van der Waals surface area (Å²) in [5, 5.41) is 3.68. The van der Waals surface area contributed by atoms with E-state index in [1.54, 1.807) is 6.20 Å². The summed E-state index contributed by atoms with van der Waals surface area (Å²) in [6.45, 7) is 0. The molecule has 1 N–H and O–H groups in total. The summed E-state index contributed by atoms with van der Waals surface area (Å²) in [6, 6.07) is 11.5. The number of amides is 1. The highest BCUT2D eigenvalue weighted by molar-refractivity contribution is 7.99. The van der Waals surface area contributed by atoms with Crippen molar-refractivity contribution < 1.29 is 4.79 Å². The lowest BCUT2D eigenvalue weighted by Crippen LogP contribution is -2.15. The summed E-state index contributed by atoms with van der Waals surface area (Å²) >= 11 is 1.40. The molecule has 0 aliphatic heterocycles. The average molecular weight is 341 g/mol. The molecule has 0 fully saturated rings. The van der Waals surface area contributed by atoms with E-state index in [1.165, 1.54) is 11.8 Å². The van der Waals surface area contributed by atoms with Crippen molar-refractivity contribution >= 4 is 40.2 Å². The molecule has 0 unspecified atom stereocenters. The number of anilines is 2. The molecule has 6 nitrogen and oxygen atoms in total. The summed E-state index contributed by atoms with van der Waals surface area (Å²) in [5.74, 6) is 0.240. The van der Waals surface area contributed by atoms with E-state index in [2.05, 4.69) is 15.3 Å². The van der Waals surface area contributed by atoms with Crippen LogP contribution < -0.4 is 10.2 Å². The number of aromatic nitrogens is 3. The Labute approximate surface area is 144 Å². The first-order valence-electron chi connectivity index (χ1n) is 7.52. The fourth-order valence-corrected chi connectivity index (χ4v) is 3.08. The third-order valence-corrected chi connectivity index (χ3v) is 4.62. The molecule has 3 aromatic rings. The molecule has 0 aliphatic rings. The molecule has 0 bridgehead atoms. The van der Waals surface area contributed by atoms with Gasteiger partial charge in [-0.1, -0.05) is 11.8 Å². The van der Waals surface area contributed by atoms with Crippen molar-refractivity contribution in [3.63, 3.8) is 0 Å². The number of aryl methyl sites for hydroxylation is 1. The quantitative estimate of drug-likeness (QED) is 0.723. The maximum absolute atomic E-state index is 12.1. The predicted octanol–water partition coefficient (Wildman–Crippen LogP) is 2.77. The van der Waals surface area contributed by atoms with Crippen LogP contribution in [0.5, 0.6) is 0 Å². The number of rotatable bonds is 5. The maximum Gasteiger partial charge on any atom is 0.234 e. The Bertz CT molecular complexity index is 857. The monoisotopic (exact) mass is 341 g/mol. The molecule has 124 valence electrons. The lowest BCUT2D eigenvalue weighted by Gasteiger charge is -2.13. The van der Waals surface area contributed by atoms with Crippen molar-refractivity contribution in [2.24, 2.45) is 7.05 Å². The van der Waals surface area contributed by atoms with Gasteiger partial charge in [0.05, 0.1) is 5.75 Å². The Balaban J connectivity index is 1.61. The Kier molecular flexibility index (Phi) is 4.71. The summed E-state index contributed by atoms with van der Waals surface area (Å²) in [5.41, 5.74) is 3.54. The zero-order valence-electron chi connectivity index (χ0n) is 13.9. The van der Waals surface area contributed by atoms with Gasteiger partial charge in [-0.05, 0) is 36.4 Å². The minimum atomic E-state index is -0.0578. The van der Waals surface area contributed by atoms with Crippen LogP contribution >= 0.6 is 11.8 Å². The third-order valence-electron chi connectivity index (χ3n) is 3.59. The normalized spacial score (nSPS) is 10.8. The van der Waals surface area contributed by atoms with E-state index in [9.17, 15) is 4.79 Å². The largest absolute Gasteiger partial charge is 0.378 e. The molecule has 24 heavy (non-hydrogen) atoms.